The molecule has 1 aromatic heterocycles. The molecule has 0 aliphatic carbocycles. The van der Waals surface area contributed by atoms with Crippen LogP contribution >= 0.6 is 23.5 Å². The maximum Gasteiger partial charge on any atom is 0.236 e. The minimum atomic E-state index is 0.205. The predicted molar refractivity (Wildman–Crippen MR) is 67.1 cm³/mol. The third kappa shape index (κ3) is 5.42. The molecule has 0 N–H and O–H groups in total. The van der Waals surface area contributed by atoms with Gasteiger partial charge in [-0.15, -0.1) is 23.5 Å². The number of hydrogen-bond acceptors (Lipinski definition) is 6. The van der Waals surface area contributed by atoms with Crippen LogP contribution in [0.2, 0.25) is 0 Å². The van der Waals surface area contributed by atoms with E-state index in [1.54, 1.807) is 11.8 Å². The van der Waals surface area contributed by atoms with E-state index in [-0.39, 0.29) is 4.75 Å². The van der Waals surface area contributed by atoms with Gasteiger partial charge in [0.15, 0.2) is 5.82 Å². The van der Waals surface area contributed by atoms with E-state index in [0.29, 0.717) is 17.4 Å². The van der Waals surface area contributed by atoms with Crippen molar-refractivity contribution in [1.82, 2.24) is 10.1 Å². The number of nitrogens with zero attached hydrogens (tertiary/aromatic N) is 3. The van der Waals surface area contributed by atoms with E-state index in [1.807, 2.05) is 0 Å². The first-order chi connectivity index (χ1) is 7.51. The Morgan fingerprint density at radius 1 is 1.38 bits per heavy atom. The molecule has 0 aromatic carbocycles. The average Bonchev–Trinajstić information content (AvgIpc) is 2.62. The second-order valence-electron chi connectivity index (χ2n) is 4.16. The summed E-state index contributed by atoms with van der Waals surface area (Å²) in [7, 11) is 0. The highest BCUT2D eigenvalue weighted by molar-refractivity contribution is 7.99. The van der Waals surface area contributed by atoms with Gasteiger partial charge in [-0.25, -0.2) is 0 Å². The van der Waals surface area contributed by atoms with Gasteiger partial charge in [0.1, 0.15) is 0 Å². The Kier molecular flexibility index (Phi) is 5.16. The maximum atomic E-state index is 8.38. The summed E-state index contributed by atoms with van der Waals surface area (Å²) in [5.74, 6) is 3.16. The van der Waals surface area contributed by atoms with Gasteiger partial charge < -0.3 is 4.52 Å². The summed E-state index contributed by atoms with van der Waals surface area (Å²) in [4.78, 5) is 4.26. The molecule has 88 valence electrons. The van der Waals surface area contributed by atoms with Crippen LogP contribution in [0, 0.1) is 11.3 Å². The minimum absolute atomic E-state index is 0.205. The van der Waals surface area contributed by atoms with E-state index in [2.05, 4.69) is 37.0 Å². The smallest absolute Gasteiger partial charge is 0.236 e. The van der Waals surface area contributed by atoms with Crippen LogP contribution in [-0.2, 0) is 11.5 Å². The van der Waals surface area contributed by atoms with Crippen molar-refractivity contribution < 1.29 is 4.52 Å². The highest BCUT2D eigenvalue weighted by Gasteiger charge is 2.13. The molecular weight excluding hydrogens is 242 g/mol. The quantitative estimate of drug-likeness (QED) is 0.756. The Morgan fingerprint density at radius 2 is 2.12 bits per heavy atom. The fraction of sp³-hybridized carbons (Fsp3) is 0.700. The molecule has 6 heteroatoms. The first-order valence-corrected chi connectivity index (χ1v) is 7.05. The molecule has 0 spiro atoms. The van der Waals surface area contributed by atoms with Crippen LogP contribution in [0.5, 0.6) is 0 Å². The molecular formula is C10H15N3OS2. The zero-order chi connectivity index (χ0) is 12.0. The molecule has 1 rings (SSSR count). The van der Waals surface area contributed by atoms with Crippen LogP contribution in [0.25, 0.3) is 0 Å². The number of rotatable bonds is 5. The van der Waals surface area contributed by atoms with Crippen LogP contribution in [0.1, 0.15) is 32.5 Å². The van der Waals surface area contributed by atoms with Gasteiger partial charge in [0, 0.05) is 4.75 Å². The number of nitriles is 1. The largest absolute Gasteiger partial charge is 0.338 e. The van der Waals surface area contributed by atoms with Crippen LogP contribution in [-0.4, -0.2) is 20.6 Å². The summed E-state index contributed by atoms with van der Waals surface area (Å²) in [5.41, 5.74) is 0. The predicted octanol–water partition coefficient (Wildman–Crippen LogP) is 2.86. The lowest BCUT2D eigenvalue weighted by atomic mass is 10.3. The zero-order valence-electron chi connectivity index (χ0n) is 9.69. The lowest BCUT2D eigenvalue weighted by Gasteiger charge is -2.15. The van der Waals surface area contributed by atoms with Gasteiger partial charge in [0.2, 0.25) is 5.89 Å². The lowest BCUT2D eigenvalue weighted by Crippen LogP contribution is -2.07. The van der Waals surface area contributed by atoms with E-state index in [4.69, 9.17) is 9.78 Å². The van der Waals surface area contributed by atoms with E-state index in [9.17, 15) is 0 Å². The SMILES string of the molecule is CC(C)(C)SCc1noc(CSCC#N)n1. The van der Waals surface area contributed by atoms with Crippen LogP contribution in [0.3, 0.4) is 0 Å². The summed E-state index contributed by atoms with van der Waals surface area (Å²) >= 11 is 3.26. The fourth-order valence-electron chi connectivity index (χ4n) is 0.872. The van der Waals surface area contributed by atoms with Gasteiger partial charge in [-0.3, -0.25) is 0 Å². The third-order valence-corrected chi connectivity index (χ3v) is 3.59. The van der Waals surface area contributed by atoms with Crippen molar-refractivity contribution in [2.45, 2.75) is 37.0 Å². The highest BCUT2D eigenvalue weighted by atomic mass is 32.2. The Balaban J connectivity index is 2.37. The van der Waals surface area contributed by atoms with E-state index in [0.717, 1.165) is 11.6 Å². The van der Waals surface area contributed by atoms with Gasteiger partial charge in [-0.05, 0) is 0 Å². The summed E-state index contributed by atoms with van der Waals surface area (Å²) in [6.07, 6.45) is 0. The number of aromatic nitrogens is 2. The molecule has 0 unspecified atom stereocenters. The molecule has 0 radical (unpaired) electrons. The second kappa shape index (κ2) is 6.16. The van der Waals surface area contributed by atoms with Crippen molar-refractivity contribution in [3.8, 4) is 6.07 Å². The molecule has 0 fully saturated rings. The summed E-state index contributed by atoms with van der Waals surface area (Å²) in [6, 6.07) is 2.06. The first-order valence-electron chi connectivity index (χ1n) is 4.91. The van der Waals surface area contributed by atoms with Crippen molar-refractivity contribution in [2.75, 3.05) is 5.75 Å². The van der Waals surface area contributed by atoms with Gasteiger partial charge in [0.25, 0.3) is 0 Å². The van der Waals surface area contributed by atoms with Gasteiger partial charge in [-0.2, -0.15) is 10.2 Å². The molecule has 4 nitrogen and oxygen atoms in total. The second-order valence-corrected chi connectivity index (χ2v) is 6.94. The number of thioether (sulfide) groups is 2. The zero-order valence-corrected chi connectivity index (χ0v) is 11.3. The molecule has 0 aliphatic heterocycles. The van der Waals surface area contributed by atoms with E-state index >= 15 is 0 Å². The van der Waals surface area contributed by atoms with Gasteiger partial charge >= 0.3 is 0 Å². The molecule has 0 saturated heterocycles. The van der Waals surface area contributed by atoms with Crippen molar-refractivity contribution in [2.24, 2.45) is 0 Å². The van der Waals surface area contributed by atoms with E-state index < -0.39 is 0 Å². The van der Waals surface area contributed by atoms with Gasteiger partial charge in [0.05, 0.1) is 23.3 Å². The monoisotopic (exact) mass is 257 g/mol. The molecule has 1 aromatic rings. The van der Waals surface area contributed by atoms with Gasteiger partial charge in [-0.1, -0.05) is 25.9 Å². The van der Waals surface area contributed by atoms with Crippen molar-refractivity contribution in [3.05, 3.63) is 11.7 Å². The molecule has 1 heterocycles. The standard InChI is InChI=1S/C10H15N3OS2/c1-10(2,3)16-6-8-12-9(14-13-8)7-15-5-4-11/h5-7H2,1-3H3. The normalized spacial score (nSPS) is 11.4. The fourth-order valence-corrected chi connectivity index (χ4v) is 2.04. The molecule has 0 atom stereocenters. The first kappa shape index (κ1) is 13.4. The van der Waals surface area contributed by atoms with Crippen LogP contribution < -0.4 is 0 Å². The van der Waals surface area contributed by atoms with E-state index in [1.165, 1.54) is 11.8 Å². The minimum Gasteiger partial charge on any atom is -0.338 e. The van der Waals surface area contributed by atoms with Crippen LogP contribution in [0.15, 0.2) is 4.52 Å². The molecule has 0 amide bonds. The molecule has 16 heavy (non-hydrogen) atoms. The Morgan fingerprint density at radius 3 is 2.75 bits per heavy atom. The Labute approximate surface area is 104 Å². The highest BCUT2D eigenvalue weighted by Crippen LogP contribution is 2.26. The topological polar surface area (TPSA) is 62.7 Å². The summed E-state index contributed by atoms with van der Waals surface area (Å²) in [5, 5.41) is 12.3. The lowest BCUT2D eigenvalue weighted by molar-refractivity contribution is 0.386. The molecule has 0 saturated carbocycles. The maximum absolute atomic E-state index is 8.38. The van der Waals surface area contributed by atoms with Crippen LogP contribution in [0.4, 0.5) is 0 Å². The van der Waals surface area contributed by atoms with Crippen molar-refractivity contribution >= 4 is 23.5 Å². The molecule has 0 aliphatic rings. The molecule has 0 bridgehead atoms. The Bertz CT molecular complexity index is 365. The average molecular weight is 257 g/mol. The van der Waals surface area contributed by atoms with Crippen molar-refractivity contribution in [1.29, 1.82) is 5.26 Å². The van der Waals surface area contributed by atoms with Crippen molar-refractivity contribution in [3.63, 3.8) is 0 Å². The number of hydrogen-bond donors (Lipinski definition) is 0. The third-order valence-electron chi connectivity index (χ3n) is 1.54. The Hall–Kier alpha value is -0.670. The summed E-state index contributed by atoms with van der Waals surface area (Å²) in [6.45, 7) is 6.46. The summed E-state index contributed by atoms with van der Waals surface area (Å²) < 4.78 is 5.28.